The van der Waals surface area contributed by atoms with Crippen molar-refractivity contribution < 1.29 is 14.4 Å². The summed E-state index contributed by atoms with van der Waals surface area (Å²) in [6, 6.07) is 23.5. The minimum Gasteiger partial charge on any atom is -0.325 e. The van der Waals surface area contributed by atoms with Gasteiger partial charge in [-0.25, -0.2) is 0 Å². The van der Waals surface area contributed by atoms with Crippen LogP contribution in [0.5, 0.6) is 0 Å². The number of aliphatic imine (C=N–C) groups is 1. The summed E-state index contributed by atoms with van der Waals surface area (Å²) in [5.74, 6) is -0.574. The standard InChI is InChI=1S/C25H21N3O3/c1-17(29)18-11-13-20(14-12-18)26-24(30)16-28-23-10-6-5-9-21(23)27-22(15-25(28)31)19-7-3-2-4-8-19/h2-14H,15-16H2,1H3,(H,26,30). The lowest BCUT2D eigenvalue weighted by Crippen LogP contribution is -2.38. The molecule has 31 heavy (non-hydrogen) atoms. The van der Waals surface area contributed by atoms with Crippen molar-refractivity contribution in [2.24, 2.45) is 4.99 Å². The molecule has 0 saturated heterocycles. The number of nitrogens with zero attached hydrogens (tertiary/aromatic N) is 2. The van der Waals surface area contributed by atoms with Crippen LogP contribution in [-0.4, -0.2) is 29.9 Å². The fourth-order valence-electron chi connectivity index (χ4n) is 3.45. The summed E-state index contributed by atoms with van der Waals surface area (Å²) >= 11 is 0. The molecule has 1 N–H and O–H groups in total. The van der Waals surface area contributed by atoms with Crippen molar-refractivity contribution in [3.05, 3.63) is 90.0 Å². The molecular formula is C25H21N3O3. The van der Waals surface area contributed by atoms with Gasteiger partial charge in [-0.2, -0.15) is 0 Å². The number of para-hydroxylation sites is 2. The van der Waals surface area contributed by atoms with E-state index in [4.69, 9.17) is 4.99 Å². The number of hydrogen-bond acceptors (Lipinski definition) is 4. The molecule has 0 aromatic heterocycles. The summed E-state index contributed by atoms with van der Waals surface area (Å²) in [7, 11) is 0. The fraction of sp³-hybridized carbons (Fsp3) is 0.120. The Morgan fingerprint density at radius 1 is 0.935 bits per heavy atom. The van der Waals surface area contributed by atoms with Crippen LogP contribution in [0.3, 0.4) is 0 Å². The number of carbonyl (C=O) groups is 3. The normalized spacial score (nSPS) is 13.1. The van der Waals surface area contributed by atoms with Crippen molar-refractivity contribution in [2.75, 3.05) is 16.8 Å². The van der Waals surface area contributed by atoms with Crippen LogP contribution in [-0.2, 0) is 9.59 Å². The maximum atomic E-state index is 13.1. The van der Waals surface area contributed by atoms with Gasteiger partial charge in [0, 0.05) is 11.3 Å². The Kier molecular flexibility index (Phi) is 5.71. The van der Waals surface area contributed by atoms with E-state index < -0.39 is 0 Å². The summed E-state index contributed by atoms with van der Waals surface area (Å²) < 4.78 is 0. The van der Waals surface area contributed by atoms with Gasteiger partial charge in [-0.1, -0.05) is 42.5 Å². The fourth-order valence-corrected chi connectivity index (χ4v) is 3.45. The van der Waals surface area contributed by atoms with Gasteiger partial charge in [-0.15, -0.1) is 0 Å². The van der Waals surface area contributed by atoms with Crippen LogP contribution < -0.4 is 10.2 Å². The van der Waals surface area contributed by atoms with E-state index in [1.807, 2.05) is 48.5 Å². The maximum Gasteiger partial charge on any atom is 0.244 e. The first kappa shape index (κ1) is 20.2. The molecule has 3 aromatic rings. The van der Waals surface area contributed by atoms with E-state index in [9.17, 15) is 14.4 Å². The van der Waals surface area contributed by atoms with Crippen LogP contribution in [0.15, 0.2) is 83.9 Å². The predicted molar refractivity (Wildman–Crippen MR) is 121 cm³/mol. The second-order valence-electron chi connectivity index (χ2n) is 7.25. The maximum absolute atomic E-state index is 13.1. The smallest absolute Gasteiger partial charge is 0.244 e. The second kappa shape index (κ2) is 8.75. The topological polar surface area (TPSA) is 78.8 Å². The number of nitrogens with one attached hydrogen (secondary N) is 1. The molecule has 4 rings (SSSR count). The van der Waals surface area contributed by atoms with Crippen LogP contribution in [0.4, 0.5) is 17.1 Å². The van der Waals surface area contributed by atoms with E-state index in [-0.39, 0.29) is 30.6 Å². The van der Waals surface area contributed by atoms with Crippen LogP contribution >= 0.6 is 0 Å². The van der Waals surface area contributed by atoms with Gasteiger partial charge in [0.1, 0.15) is 6.54 Å². The van der Waals surface area contributed by atoms with Gasteiger partial charge in [0.2, 0.25) is 11.8 Å². The van der Waals surface area contributed by atoms with Crippen LogP contribution in [0.2, 0.25) is 0 Å². The molecule has 6 heteroatoms. The number of rotatable bonds is 5. The molecule has 0 fully saturated rings. The Morgan fingerprint density at radius 3 is 2.32 bits per heavy atom. The minimum atomic E-state index is -0.332. The first-order chi connectivity index (χ1) is 15.0. The van der Waals surface area contributed by atoms with E-state index in [0.29, 0.717) is 28.3 Å². The lowest BCUT2D eigenvalue weighted by molar-refractivity contribution is -0.120. The molecule has 0 spiro atoms. The Labute approximate surface area is 180 Å². The van der Waals surface area contributed by atoms with Crippen molar-refractivity contribution in [1.82, 2.24) is 0 Å². The number of ketones is 1. The highest BCUT2D eigenvalue weighted by Crippen LogP contribution is 2.32. The number of carbonyl (C=O) groups excluding carboxylic acids is 3. The van der Waals surface area contributed by atoms with E-state index in [2.05, 4.69) is 5.32 Å². The van der Waals surface area contributed by atoms with Crippen LogP contribution in [0.1, 0.15) is 29.3 Å². The Hall–Kier alpha value is -4.06. The third-order valence-corrected chi connectivity index (χ3v) is 5.03. The number of amides is 2. The van der Waals surface area contributed by atoms with Crippen LogP contribution in [0.25, 0.3) is 0 Å². The third-order valence-electron chi connectivity index (χ3n) is 5.03. The van der Waals surface area contributed by atoms with E-state index >= 15 is 0 Å². The highest BCUT2D eigenvalue weighted by atomic mass is 16.2. The average molecular weight is 411 g/mol. The van der Waals surface area contributed by atoms with Crippen molar-refractivity contribution >= 4 is 40.4 Å². The van der Waals surface area contributed by atoms with Crippen molar-refractivity contribution in [1.29, 1.82) is 0 Å². The number of fused-ring (bicyclic) bond motifs is 1. The lowest BCUT2D eigenvalue weighted by atomic mass is 10.1. The van der Waals surface area contributed by atoms with Gasteiger partial charge in [-0.05, 0) is 48.9 Å². The highest BCUT2D eigenvalue weighted by molar-refractivity contribution is 6.19. The zero-order valence-electron chi connectivity index (χ0n) is 17.0. The van der Waals surface area contributed by atoms with E-state index in [0.717, 1.165) is 5.56 Å². The molecule has 3 aromatic carbocycles. The SMILES string of the molecule is CC(=O)c1ccc(NC(=O)CN2C(=O)CC(c3ccccc3)=Nc3ccccc32)cc1. The Bertz CT molecular complexity index is 1170. The van der Waals surface area contributed by atoms with Gasteiger partial charge in [0.15, 0.2) is 5.78 Å². The predicted octanol–water partition coefficient (Wildman–Crippen LogP) is 4.39. The van der Waals surface area contributed by atoms with Gasteiger partial charge < -0.3 is 10.2 Å². The zero-order valence-corrected chi connectivity index (χ0v) is 17.0. The third kappa shape index (κ3) is 4.59. The molecular weight excluding hydrogens is 390 g/mol. The molecule has 0 atom stereocenters. The molecule has 0 saturated carbocycles. The summed E-state index contributed by atoms with van der Waals surface area (Å²) in [4.78, 5) is 43.4. The monoisotopic (exact) mass is 411 g/mol. The van der Waals surface area contributed by atoms with Gasteiger partial charge in [0.05, 0.1) is 23.5 Å². The zero-order chi connectivity index (χ0) is 21.8. The number of anilines is 2. The number of benzene rings is 3. The molecule has 0 aliphatic carbocycles. The second-order valence-corrected chi connectivity index (χ2v) is 7.25. The quantitative estimate of drug-likeness (QED) is 0.633. The van der Waals surface area contributed by atoms with E-state index in [1.54, 1.807) is 30.3 Å². The molecule has 1 aliphatic heterocycles. The molecule has 2 amide bonds. The van der Waals surface area contributed by atoms with Crippen LogP contribution in [0, 0.1) is 0 Å². The number of hydrogen-bond donors (Lipinski definition) is 1. The summed E-state index contributed by atoms with van der Waals surface area (Å²) in [6.07, 6.45) is 0.0965. The molecule has 1 heterocycles. The first-order valence-corrected chi connectivity index (χ1v) is 9.94. The Balaban J connectivity index is 1.56. The summed E-state index contributed by atoms with van der Waals surface area (Å²) in [5, 5.41) is 2.79. The molecule has 154 valence electrons. The molecule has 0 unspecified atom stereocenters. The summed E-state index contributed by atoms with van der Waals surface area (Å²) in [5.41, 5.74) is 3.92. The van der Waals surface area contributed by atoms with Crippen molar-refractivity contribution in [3.8, 4) is 0 Å². The summed E-state index contributed by atoms with van der Waals surface area (Å²) in [6.45, 7) is 1.35. The lowest BCUT2D eigenvalue weighted by Gasteiger charge is -2.22. The largest absolute Gasteiger partial charge is 0.325 e. The molecule has 0 radical (unpaired) electrons. The average Bonchev–Trinajstić information content (AvgIpc) is 2.91. The molecule has 6 nitrogen and oxygen atoms in total. The Morgan fingerprint density at radius 2 is 1.61 bits per heavy atom. The molecule has 1 aliphatic rings. The van der Waals surface area contributed by atoms with Crippen molar-refractivity contribution in [2.45, 2.75) is 13.3 Å². The van der Waals surface area contributed by atoms with E-state index in [1.165, 1.54) is 11.8 Å². The minimum absolute atomic E-state index is 0.0427. The van der Waals surface area contributed by atoms with Gasteiger partial charge >= 0.3 is 0 Å². The highest BCUT2D eigenvalue weighted by Gasteiger charge is 2.26. The van der Waals surface area contributed by atoms with Gasteiger partial charge in [-0.3, -0.25) is 19.4 Å². The first-order valence-electron chi connectivity index (χ1n) is 9.94. The number of Topliss-reactive ketones (excluding diaryl/α,β-unsaturated/α-hetero) is 1. The molecule has 0 bridgehead atoms. The van der Waals surface area contributed by atoms with Crippen molar-refractivity contribution in [3.63, 3.8) is 0 Å². The van der Waals surface area contributed by atoms with Gasteiger partial charge in [0.25, 0.3) is 0 Å².